The maximum atomic E-state index is 12.5. The van der Waals surface area contributed by atoms with Gasteiger partial charge < -0.3 is 20.3 Å². The van der Waals surface area contributed by atoms with E-state index in [1.807, 2.05) is 6.92 Å². The average Bonchev–Trinajstić information content (AvgIpc) is 2.55. The zero-order valence-electron chi connectivity index (χ0n) is 16.0. The normalized spacial score (nSPS) is 15.1. The van der Waals surface area contributed by atoms with E-state index in [0.29, 0.717) is 6.41 Å². The molecule has 3 amide bonds. The predicted molar refractivity (Wildman–Crippen MR) is 93.4 cm³/mol. The summed E-state index contributed by atoms with van der Waals surface area (Å²) in [7, 11) is 3.39. The molecule has 0 heterocycles. The lowest BCUT2D eigenvalue weighted by atomic mass is 9.91. The van der Waals surface area contributed by atoms with E-state index in [9.17, 15) is 14.4 Å². The Kier molecular flexibility index (Phi) is 9.58. The number of nitrogens with zero attached hydrogens (tertiary/aromatic N) is 1. The van der Waals surface area contributed by atoms with Crippen LogP contribution >= 0.6 is 0 Å². The molecule has 0 spiro atoms. The third-order valence-electron chi connectivity index (χ3n) is 4.54. The number of ether oxygens (including phenoxy) is 1. The van der Waals surface area contributed by atoms with Crippen LogP contribution in [0.25, 0.3) is 0 Å². The molecule has 0 rings (SSSR count). The fourth-order valence-electron chi connectivity index (χ4n) is 2.67. The predicted octanol–water partition coefficient (Wildman–Crippen LogP) is 0.925. The molecule has 0 aliphatic rings. The van der Waals surface area contributed by atoms with Gasteiger partial charge in [-0.05, 0) is 26.2 Å². The Morgan fingerprint density at radius 1 is 1.25 bits per heavy atom. The van der Waals surface area contributed by atoms with Crippen LogP contribution in [0.3, 0.4) is 0 Å². The van der Waals surface area contributed by atoms with Gasteiger partial charge in [0, 0.05) is 14.2 Å². The van der Waals surface area contributed by atoms with E-state index in [2.05, 4.69) is 24.5 Å². The van der Waals surface area contributed by atoms with Crippen molar-refractivity contribution in [1.29, 1.82) is 0 Å². The second kappa shape index (κ2) is 10.3. The van der Waals surface area contributed by atoms with Crippen molar-refractivity contribution in [3.8, 4) is 0 Å². The Balaban J connectivity index is 4.93. The number of hydrogen-bond donors (Lipinski definition) is 2. The van der Waals surface area contributed by atoms with Gasteiger partial charge in [-0.1, -0.05) is 27.2 Å². The molecule has 2 N–H and O–H groups in total. The molecule has 0 aromatic rings. The molecule has 140 valence electrons. The van der Waals surface area contributed by atoms with Crippen LogP contribution < -0.4 is 10.6 Å². The molecule has 0 bridgehead atoms. The molecule has 0 aliphatic carbocycles. The smallest absolute Gasteiger partial charge is 0.245 e. The monoisotopic (exact) mass is 343 g/mol. The van der Waals surface area contributed by atoms with Crippen LogP contribution in [0.15, 0.2) is 0 Å². The fraction of sp³-hybridized carbons (Fsp3) is 0.824. The lowest BCUT2D eigenvalue weighted by Gasteiger charge is -2.37. The van der Waals surface area contributed by atoms with Crippen molar-refractivity contribution in [2.24, 2.45) is 5.92 Å². The summed E-state index contributed by atoms with van der Waals surface area (Å²) in [5.74, 6) is -0.325. The van der Waals surface area contributed by atoms with E-state index in [4.69, 9.17) is 4.74 Å². The summed E-state index contributed by atoms with van der Waals surface area (Å²) in [6.45, 7) is 9.22. The lowest BCUT2D eigenvalue weighted by molar-refractivity contribution is -0.138. The maximum absolute atomic E-state index is 12.5. The number of carbonyl (C=O) groups is 3. The Hall–Kier alpha value is -1.63. The summed E-state index contributed by atoms with van der Waals surface area (Å²) < 4.78 is 5.54. The van der Waals surface area contributed by atoms with Crippen LogP contribution in [-0.4, -0.2) is 61.5 Å². The van der Waals surface area contributed by atoms with Gasteiger partial charge >= 0.3 is 0 Å². The molecule has 24 heavy (non-hydrogen) atoms. The molecule has 7 nitrogen and oxygen atoms in total. The van der Waals surface area contributed by atoms with Gasteiger partial charge in [0.25, 0.3) is 0 Å². The minimum absolute atomic E-state index is 0.0576. The number of rotatable bonds is 11. The Labute approximate surface area is 145 Å². The highest BCUT2D eigenvalue weighted by Crippen LogP contribution is 2.21. The van der Waals surface area contributed by atoms with Gasteiger partial charge in [0.15, 0.2) is 0 Å². The minimum atomic E-state index is -1.06. The summed E-state index contributed by atoms with van der Waals surface area (Å²) in [6.07, 6.45) is 2.13. The van der Waals surface area contributed by atoms with Crippen LogP contribution in [0, 0.1) is 5.92 Å². The molecule has 0 radical (unpaired) electrons. The van der Waals surface area contributed by atoms with Gasteiger partial charge in [0.05, 0.1) is 18.7 Å². The average molecular weight is 343 g/mol. The highest BCUT2D eigenvalue weighted by atomic mass is 16.5. The summed E-state index contributed by atoms with van der Waals surface area (Å²) >= 11 is 0. The summed E-state index contributed by atoms with van der Waals surface area (Å²) in [5, 5.41) is 5.01. The van der Waals surface area contributed by atoms with Gasteiger partial charge in [-0.25, -0.2) is 0 Å². The summed E-state index contributed by atoms with van der Waals surface area (Å²) in [4.78, 5) is 36.7. The van der Waals surface area contributed by atoms with Crippen LogP contribution in [-0.2, 0) is 19.1 Å². The number of carbonyl (C=O) groups excluding carboxylic acids is 3. The van der Waals surface area contributed by atoms with Crippen molar-refractivity contribution in [2.45, 2.75) is 65.1 Å². The highest BCUT2D eigenvalue weighted by molar-refractivity contribution is 5.90. The number of amides is 3. The van der Waals surface area contributed by atoms with E-state index in [-0.39, 0.29) is 30.5 Å². The molecular weight excluding hydrogens is 310 g/mol. The molecule has 0 fully saturated rings. The number of methoxy groups -OCH3 is 1. The topological polar surface area (TPSA) is 87.7 Å². The number of nitrogens with one attached hydrogen (secondary N) is 2. The summed E-state index contributed by atoms with van der Waals surface area (Å²) in [5.41, 5.74) is -1.06. The van der Waals surface area contributed by atoms with Crippen molar-refractivity contribution in [2.75, 3.05) is 20.7 Å². The van der Waals surface area contributed by atoms with Gasteiger partial charge in [-0.2, -0.15) is 0 Å². The van der Waals surface area contributed by atoms with Crippen LogP contribution in [0.5, 0.6) is 0 Å². The van der Waals surface area contributed by atoms with Crippen molar-refractivity contribution >= 4 is 18.2 Å². The minimum Gasteiger partial charge on any atom is -0.379 e. The second-order valence-electron chi connectivity index (χ2n) is 6.63. The Bertz CT molecular complexity index is 422. The zero-order chi connectivity index (χ0) is 18.9. The van der Waals surface area contributed by atoms with E-state index >= 15 is 0 Å². The molecule has 0 saturated carbocycles. The molecule has 0 aromatic carbocycles. The van der Waals surface area contributed by atoms with Crippen LogP contribution in [0.2, 0.25) is 0 Å². The lowest BCUT2D eigenvalue weighted by Crippen LogP contribution is -2.55. The molecule has 0 aliphatic heterocycles. The molecule has 3 unspecified atom stereocenters. The van der Waals surface area contributed by atoms with Gasteiger partial charge in [-0.15, -0.1) is 0 Å². The largest absolute Gasteiger partial charge is 0.379 e. The zero-order valence-corrected chi connectivity index (χ0v) is 16.0. The van der Waals surface area contributed by atoms with Crippen molar-refractivity contribution in [3.63, 3.8) is 0 Å². The number of likely N-dealkylation sites (N-methyl/N-ethyl adjacent to an activating group) is 1. The van der Waals surface area contributed by atoms with E-state index in [1.54, 1.807) is 32.9 Å². The standard InChI is InChI=1S/C17H33N3O4/c1-8-12(3)15(13(9-2)24-7)20(6)14(22)10-18-16(23)17(4,5)19-11-21/h11-13,15H,8-10H2,1-7H3,(H,18,23)(H,19,21). The highest BCUT2D eigenvalue weighted by Gasteiger charge is 2.32. The van der Waals surface area contributed by atoms with E-state index in [1.165, 1.54) is 0 Å². The van der Waals surface area contributed by atoms with Crippen LogP contribution in [0.1, 0.15) is 47.5 Å². The maximum Gasteiger partial charge on any atom is 0.245 e. The first kappa shape index (κ1) is 22.4. The Morgan fingerprint density at radius 3 is 2.25 bits per heavy atom. The van der Waals surface area contributed by atoms with E-state index in [0.717, 1.165) is 12.8 Å². The summed E-state index contributed by atoms with van der Waals surface area (Å²) in [6, 6.07) is -0.0597. The van der Waals surface area contributed by atoms with Gasteiger partial charge in [-0.3, -0.25) is 14.4 Å². The second-order valence-corrected chi connectivity index (χ2v) is 6.63. The van der Waals surface area contributed by atoms with Crippen molar-refractivity contribution in [3.05, 3.63) is 0 Å². The Morgan fingerprint density at radius 2 is 1.83 bits per heavy atom. The molecule has 3 atom stereocenters. The first-order chi connectivity index (χ1) is 11.2. The van der Waals surface area contributed by atoms with E-state index < -0.39 is 11.4 Å². The number of hydrogen-bond acceptors (Lipinski definition) is 4. The fourth-order valence-corrected chi connectivity index (χ4v) is 2.67. The van der Waals surface area contributed by atoms with Crippen LogP contribution in [0.4, 0.5) is 0 Å². The molecule has 7 heteroatoms. The quantitative estimate of drug-likeness (QED) is 0.546. The van der Waals surface area contributed by atoms with Crippen molar-refractivity contribution < 1.29 is 19.1 Å². The first-order valence-corrected chi connectivity index (χ1v) is 8.44. The SMILES string of the molecule is CCC(C)C(C(CC)OC)N(C)C(=O)CNC(=O)C(C)(C)NC=O. The molecule has 0 saturated heterocycles. The van der Waals surface area contributed by atoms with Gasteiger partial charge in [0.1, 0.15) is 5.54 Å². The molecule has 0 aromatic heterocycles. The van der Waals surface area contributed by atoms with Crippen molar-refractivity contribution in [1.82, 2.24) is 15.5 Å². The molecular formula is C17H33N3O4. The third-order valence-corrected chi connectivity index (χ3v) is 4.54. The van der Waals surface area contributed by atoms with Gasteiger partial charge in [0.2, 0.25) is 18.2 Å². The first-order valence-electron chi connectivity index (χ1n) is 8.44. The third kappa shape index (κ3) is 6.11.